The third kappa shape index (κ3) is 1.41. The van der Waals surface area contributed by atoms with Gasteiger partial charge in [-0.25, -0.2) is 0 Å². The van der Waals surface area contributed by atoms with E-state index in [0.29, 0.717) is 0 Å². The summed E-state index contributed by atoms with van der Waals surface area (Å²) in [7, 11) is 2.08. The summed E-state index contributed by atoms with van der Waals surface area (Å²) in [5, 5.41) is 7.09. The molecule has 1 heterocycles. The predicted molar refractivity (Wildman–Crippen MR) is 74.1 cm³/mol. The van der Waals surface area contributed by atoms with Gasteiger partial charge in [-0.1, -0.05) is 18.2 Å². The fourth-order valence-electron chi connectivity index (χ4n) is 2.67. The average Bonchev–Trinajstić information content (AvgIpc) is 2.64. The molecule has 0 aliphatic heterocycles. The maximum absolute atomic E-state index is 6.06. The van der Waals surface area contributed by atoms with E-state index in [9.17, 15) is 0 Å². The molecule has 0 radical (unpaired) electrons. The van der Waals surface area contributed by atoms with Gasteiger partial charge >= 0.3 is 0 Å². The molecule has 1 aliphatic carbocycles. The van der Waals surface area contributed by atoms with Crippen LogP contribution in [0.25, 0.3) is 15.8 Å². The van der Waals surface area contributed by atoms with Crippen molar-refractivity contribution < 1.29 is 0 Å². The highest BCUT2D eigenvalue weighted by Gasteiger charge is 2.23. The zero-order valence-electron chi connectivity index (χ0n) is 9.73. The molecule has 0 saturated carbocycles. The number of nitrogens with two attached hydrogens (primary N) is 2. The smallest absolute Gasteiger partial charge is 0.0653 e. The fraction of sp³-hybridized carbons (Fsp3) is 0.231. The highest BCUT2D eigenvalue weighted by Crippen LogP contribution is 2.39. The number of aryl methyl sites for hydroxylation is 2. The molecule has 88 valence electrons. The molecule has 0 amide bonds. The van der Waals surface area contributed by atoms with Gasteiger partial charge < -0.3 is 10.3 Å². The van der Waals surface area contributed by atoms with Crippen molar-refractivity contribution in [2.75, 3.05) is 0 Å². The van der Waals surface area contributed by atoms with Crippen molar-refractivity contribution >= 4 is 27.8 Å². The van der Waals surface area contributed by atoms with Crippen LogP contribution in [0, 0.1) is 0 Å². The number of fused-ring (bicyclic) bond motifs is 3. The second-order valence-electron chi connectivity index (χ2n) is 4.38. The molecule has 0 unspecified atom stereocenters. The largest absolute Gasteiger partial charge is 0.401 e. The first-order valence-corrected chi connectivity index (χ1v) is 6.54. The summed E-state index contributed by atoms with van der Waals surface area (Å²) < 4.78 is 2.20. The Balaban J connectivity index is 2.41. The molecule has 3 nitrogen and oxygen atoms in total. The van der Waals surface area contributed by atoms with E-state index in [-0.39, 0.29) is 0 Å². The fourth-order valence-corrected chi connectivity index (χ4v) is 3.30. The van der Waals surface area contributed by atoms with Gasteiger partial charge in [-0.15, -0.1) is 0 Å². The first-order chi connectivity index (χ1) is 8.24. The first kappa shape index (κ1) is 10.7. The zero-order valence-corrected chi connectivity index (χ0v) is 10.6. The lowest BCUT2D eigenvalue weighted by molar-refractivity contribution is 0.871. The van der Waals surface area contributed by atoms with E-state index in [0.717, 1.165) is 23.4 Å². The van der Waals surface area contributed by atoms with Gasteiger partial charge in [-0.3, -0.25) is 5.14 Å². The van der Waals surface area contributed by atoms with E-state index in [1.807, 2.05) is 0 Å². The molecule has 1 aromatic carbocycles. The summed E-state index contributed by atoms with van der Waals surface area (Å²) in [6.45, 7) is 0. The maximum atomic E-state index is 6.06. The van der Waals surface area contributed by atoms with E-state index in [1.54, 1.807) is 0 Å². The van der Waals surface area contributed by atoms with Crippen LogP contribution in [0.5, 0.6) is 0 Å². The van der Waals surface area contributed by atoms with Crippen LogP contribution < -0.4 is 10.9 Å². The number of para-hydroxylation sites is 1. The second-order valence-corrected chi connectivity index (χ2v) is 5.02. The minimum Gasteiger partial charge on any atom is -0.401 e. The van der Waals surface area contributed by atoms with Crippen molar-refractivity contribution in [3.63, 3.8) is 0 Å². The molecule has 4 N–H and O–H groups in total. The monoisotopic (exact) mass is 245 g/mol. The number of aromatic nitrogens is 1. The Bertz CT molecular complexity index is 625. The first-order valence-electron chi connectivity index (χ1n) is 5.66. The quantitative estimate of drug-likeness (QED) is 0.758. The standard InChI is InChI=1S/C13H15N3S/c1-16-11-5-3-2-4-8(11)9-6-7-10(14)13(17-15)12(9)16/h2-5H,6-7,14-15H2,1H3. The lowest BCUT2D eigenvalue weighted by Crippen LogP contribution is -2.12. The predicted octanol–water partition coefficient (Wildman–Crippen LogP) is 2.36. The second kappa shape index (κ2) is 3.82. The van der Waals surface area contributed by atoms with Crippen molar-refractivity contribution in [3.8, 4) is 0 Å². The minimum absolute atomic E-state index is 0.903. The van der Waals surface area contributed by atoms with Crippen molar-refractivity contribution in [2.24, 2.45) is 17.9 Å². The molecule has 0 fully saturated rings. The minimum atomic E-state index is 0.903. The van der Waals surface area contributed by atoms with Crippen LogP contribution in [-0.4, -0.2) is 4.57 Å². The molecule has 0 atom stereocenters. The van der Waals surface area contributed by atoms with Gasteiger partial charge in [0.2, 0.25) is 0 Å². The van der Waals surface area contributed by atoms with Gasteiger partial charge in [0.1, 0.15) is 0 Å². The highest BCUT2D eigenvalue weighted by atomic mass is 32.2. The number of hydrogen-bond donors (Lipinski definition) is 2. The van der Waals surface area contributed by atoms with Gasteiger partial charge in [0.25, 0.3) is 0 Å². The summed E-state index contributed by atoms with van der Waals surface area (Å²) in [4.78, 5) is 1.03. The molecule has 0 bridgehead atoms. The number of benzene rings is 1. The molecular formula is C13H15N3S. The number of hydrogen-bond acceptors (Lipinski definition) is 3. The summed E-state index contributed by atoms with van der Waals surface area (Å²) in [6, 6.07) is 8.47. The molecule has 4 heteroatoms. The van der Waals surface area contributed by atoms with Gasteiger partial charge in [0, 0.05) is 23.6 Å². The number of nitrogens with zero attached hydrogens (tertiary/aromatic N) is 1. The van der Waals surface area contributed by atoms with E-state index in [1.165, 1.54) is 34.1 Å². The van der Waals surface area contributed by atoms with Gasteiger partial charge in [-0.2, -0.15) is 0 Å². The number of rotatable bonds is 1. The highest BCUT2D eigenvalue weighted by molar-refractivity contribution is 8.06. The SMILES string of the molecule is Cn1c2c(c3ccccc31)CCC(N)=C2SN. The zero-order chi connectivity index (χ0) is 12.0. The molecule has 1 aliphatic rings. The Morgan fingerprint density at radius 2 is 2.00 bits per heavy atom. The summed E-state index contributed by atoms with van der Waals surface area (Å²) >= 11 is 1.26. The Hall–Kier alpha value is -1.39. The summed E-state index contributed by atoms with van der Waals surface area (Å²) in [5.74, 6) is 0. The Morgan fingerprint density at radius 1 is 1.24 bits per heavy atom. The van der Waals surface area contributed by atoms with Gasteiger partial charge in [-0.05, 0) is 36.4 Å². The summed E-state index contributed by atoms with van der Waals surface area (Å²) in [6.07, 6.45) is 1.91. The lowest BCUT2D eigenvalue weighted by Gasteiger charge is -2.18. The Morgan fingerprint density at radius 3 is 2.76 bits per heavy atom. The molecule has 2 aromatic rings. The van der Waals surface area contributed by atoms with Crippen LogP contribution in [0.3, 0.4) is 0 Å². The maximum Gasteiger partial charge on any atom is 0.0653 e. The van der Waals surface area contributed by atoms with E-state index in [4.69, 9.17) is 10.9 Å². The van der Waals surface area contributed by atoms with Crippen LogP contribution in [0.2, 0.25) is 0 Å². The van der Waals surface area contributed by atoms with Crippen LogP contribution in [0.15, 0.2) is 30.0 Å². The van der Waals surface area contributed by atoms with Crippen molar-refractivity contribution in [2.45, 2.75) is 12.8 Å². The van der Waals surface area contributed by atoms with Crippen LogP contribution >= 0.6 is 11.9 Å². The third-order valence-electron chi connectivity index (χ3n) is 3.48. The van der Waals surface area contributed by atoms with Crippen LogP contribution in [-0.2, 0) is 13.5 Å². The molecule has 0 saturated heterocycles. The van der Waals surface area contributed by atoms with E-state index < -0.39 is 0 Å². The molecule has 1 aromatic heterocycles. The molecule has 3 rings (SSSR count). The van der Waals surface area contributed by atoms with Gasteiger partial charge in [0.15, 0.2) is 0 Å². The lowest BCUT2D eigenvalue weighted by atomic mass is 9.99. The average molecular weight is 245 g/mol. The molecule has 17 heavy (non-hydrogen) atoms. The Kier molecular flexibility index (Phi) is 2.42. The van der Waals surface area contributed by atoms with Crippen LogP contribution in [0.4, 0.5) is 0 Å². The van der Waals surface area contributed by atoms with Crippen LogP contribution in [0.1, 0.15) is 17.7 Å². The third-order valence-corrected chi connectivity index (χ3v) is 4.17. The van der Waals surface area contributed by atoms with E-state index >= 15 is 0 Å². The Labute approximate surface area is 105 Å². The number of allylic oxidation sites excluding steroid dienone is 1. The topological polar surface area (TPSA) is 57.0 Å². The molecular weight excluding hydrogens is 230 g/mol. The van der Waals surface area contributed by atoms with E-state index in [2.05, 4.69) is 35.9 Å². The van der Waals surface area contributed by atoms with Crippen molar-refractivity contribution in [1.82, 2.24) is 4.57 Å². The normalized spacial score (nSPS) is 15.4. The van der Waals surface area contributed by atoms with Crippen molar-refractivity contribution in [1.29, 1.82) is 0 Å². The van der Waals surface area contributed by atoms with Crippen molar-refractivity contribution in [3.05, 3.63) is 41.2 Å². The van der Waals surface area contributed by atoms with Gasteiger partial charge in [0.05, 0.1) is 10.6 Å². The summed E-state index contributed by atoms with van der Waals surface area (Å²) in [5.41, 5.74) is 10.8. The molecule has 0 spiro atoms.